The van der Waals surface area contributed by atoms with Crippen molar-refractivity contribution in [1.82, 2.24) is 10.3 Å². The Bertz CT molecular complexity index is 1080. The van der Waals surface area contributed by atoms with Crippen LogP contribution in [0.4, 0.5) is 9.80 Å². The highest BCUT2D eigenvalue weighted by Crippen LogP contribution is 2.39. The Morgan fingerprint density at radius 3 is 2.85 bits per heavy atom. The van der Waals surface area contributed by atoms with Gasteiger partial charge in [0, 0.05) is 29.4 Å². The lowest BCUT2D eigenvalue weighted by Gasteiger charge is -2.26. The number of alkyl carbamates (subject to hydrolysis) is 1. The zero-order valence-electron chi connectivity index (χ0n) is 18.8. The summed E-state index contributed by atoms with van der Waals surface area (Å²) in [6.45, 7) is 0.315. The molecule has 4 rings (SSSR count). The zero-order valence-corrected chi connectivity index (χ0v) is 19.6. The SMILES string of the molecule is N#Cc1c(NC(=O)C=Cc2cccnc2)sc2c1CCC(COC(=O)N[C@H]1CC[C@H](O)CC1)C2. The number of ether oxygens (including phenoxy) is 1. The summed E-state index contributed by atoms with van der Waals surface area (Å²) in [6, 6.07) is 5.95. The maximum atomic E-state index is 12.4. The number of hydrogen-bond donors (Lipinski definition) is 3. The lowest BCUT2D eigenvalue weighted by molar-refractivity contribution is -0.111. The quantitative estimate of drug-likeness (QED) is 0.540. The van der Waals surface area contributed by atoms with Crippen molar-refractivity contribution in [3.05, 3.63) is 52.2 Å². The second-order valence-electron chi connectivity index (χ2n) is 8.79. The summed E-state index contributed by atoms with van der Waals surface area (Å²) in [4.78, 5) is 29.6. The maximum Gasteiger partial charge on any atom is 0.407 e. The summed E-state index contributed by atoms with van der Waals surface area (Å²) in [7, 11) is 0. The van der Waals surface area contributed by atoms with Gasteiger partial charge in [-0.2, -0.15) is 5.26 Å². The molecule has 0 bridgehead atoms. The summed E-state index contributed by atoms with van der Waals surface area (Å²) in [5, 5.41) is 25.6. The van der Waals surface area contributed by atoms with Gasteiger partial charge < -0.3 is 20.5 Å². The van der Waals surface area contributed by atoms with Crippen LogP contribution < -0.4 is 10.6 Å². The van der Waals surface area contributed by atoms with Crippen LogP contribution >= 0.6 is 11.3 Å². The molecular formula is C25H28N4O4S. The van der Waals surface area contributed by atoms with Gasteiger partial charge >= 0.3 is 6.09 Å². The number of amides is 2. The Balaban J connectivity index is 1.30. The van der Waals surface area contributed by atoms with Crippen molar-refractivity contribution in [2.24, 2.45) is 5.92 Å². The average Bonchev–Trinajstić information content (AvgIpc) is 3.19. The molecule has 1 saturated carbocycles. The van der Waals surface area contributed by atoms with Gasteiger partial charge in [0.1, 0.15) is 11.1 Å². The van der Waals surface area contributed by atoms with Gasteiger partial charge in [0.2, 0.25) is 5.91 Å². The summed E-state index contributed by atoms with van der Waals surface area (Å²) >= 11 is 1.42. The molecule has 1 fully saturated rings. The van der Waals surface area contributed by atoms with Gasteiger partial charge in [-0.25, -0.2) is 4.79 Å². The van der Waals surface area contributed by atoms with Crippen molar-refractivity contribution in [2.75, 3.05) is 11.9 Å². The Hall–Kier alpha value is -3.22. The van der Waals surface area contributed by atoms with Crippen LogP contribution in [-0.4, -0.2) is 40.8 Å². The molecule has 0 aromatic carbocycles. The molecule has 0 saturated heterocycles. The van der Waals surface area contributed by atoms with Crippen LogP contribution in [-0.2, 0) is 22.4 Å². The predicted octanol–water partition coefficient (Wildman–Crippen LogP) is 3.80. The topological polar surface area (TPSA) is 124 Å². The van der Waals surface area contributed by atoms with Crippen molar-refractivity contribution in [3.63, 3.8) is 0 Å². The number of nitrogens with one attached hydrogen (secondary N) is 2. The number of anilines is 1. The molecule has 178 valence electrons. The molecule has 8 nitrogen and oxygen atoms in total. The largest absolute Gasteiger partial charge is 0.449 e. The first-order valence-electron chi connectivity index (χ1n) is 11.6. The van der Waals surface area contributed by atoms with Gasteiger partial charge in [0.05, 0.1) is 18.3 Å². The highest BCUT2D eigenvalue weighted by atomic mass is 32.1. The van der Waals surface area contributed by atoms with E-state index in [2.05, 4.69) is 21.7 Å². The number of carbonyl (C=O) groups excluding carboxylic acids is 2. The van der Waals surface area contributed by atoms with E-state index in [0.717, 1.165) is 35.3 Å². The fourth-order valence-corrected chi connectivity index (χ4v) is 5.74. The molecule has 2 aromatic heterocycles. The van der Waals surface area contributed by atoms with Crippen LogP contribution in [0.1, 0.15) is 53.7 Å². The molecule has 2 aromatic rings. The van der Waals surface area contributed by atoms with Gasteiger partial charge in [-0.1, -0.05) is 6.07 Å². The summed E-state index contributed by atoms with van der Waals surface area (Å²) in [5.41, 5.74) is 2.33. The first kappa shape index (κ1) is 23.9. The number of pyridine rings is 1. The molecule has 2 heterocycles. The number of aliphatic hydroxyl groups is 1. The molecule has 0 spiro atoms. The number of nitriles is 1. The Morgan fingerprint density at radius 1 is 1.29 bits per heavy atom. The van der Waals surface area contributed by atoms with Crippen LogP contribution in [0, 0.1) is 17.2 Å². The van der Waals surface area contributed by atoms with Gasteiger partial charge in [-0.05, 0) is 74.1 Å². The van der Waals surface area contributed by atoms with Crippen molar-refractivity contribution in [1.29, 1.82) is 5.26 Å². The first-order chi connectivity index (χ1) is 16.5. The van der Waals surface area contributed by atoms with E-state index in [1.165, 1.54) is 17.4 Å². The number of thiophene rings is 1. The number of rotatable bonds is 6. The van der Waals surface area contributed by atoms with Gasteiger partial charge in [-0.3, -0.25) is 9.78 Å². The minimum absolute atomic E-state index is 0.0581. The maximum absolute atomic E-state index is 12.4. The predicted molar refractivity (Wildman–Crippen MR) is 129 cm³/mol. The fraction of sp³-hybridized carbons (Fsp3) is 0.440. The van der Waals surface area contributed by atoms with Crippen LogP contribution in [0.2, 0.25) is 0 Å². The van der Waals surface area contributed by atoms with Crippen molar-refractivity contribution in [2.45, 2.75) is 57.1 Å². The zero-order chi connectivity index (χ0) is 23.9. The van der Waals surface area contributed by atoms with Gasteiger partial charge in [0.25, 0.3) is 0 Å². The molecule has 0 radical (unpaired) electrons. The van der Waals surface area contributed by atoms with Crippen molar-refractivity contribution >= 4 is 34.4 Å². The molecule has 2 aliphatic carbocycles. The monoisotopic (exact) mass is 480 g/mol. The molecular weight excluding hydrogens is 452 g/mol. The summed E-state index contributed by atoms with van der Waals surface area (Å²) in [6.07, 6.45) is 10.9. The number of carbonyl (C=O) groups is 2. The molecule has 3 N–H and O–H groups in total. The molecule has 2 aliphatic rings. The number of aromatic nitrogens is 1. The lowest BCUT2D eigenvalue weighted by atomic mass is 9.88. The van der Waals surface area contributed by atoms with Crippen molar-refractivity contribution < 1.29 is 19.4 Å². The summed E-state index contributed by atoms with van der Waals surface area (Å²) < 4.78 is 5.47. The second-order valence-corrected chi connectivity index (χ2v) is 9.89. The van der Waals surface area contributed by atoms with E-state index in [0.29, 0.717) is 42.9 Å². The number of aliphatic hydroxyl groups excluding tert-OH is 1. The van der Waals surface area contributed by atoms with Crippen LogP contribution in [0.25, 0.3) is 6.08 Å². The van der Waals surface area contributed by atoms with E-state index < -0.39 is 6.09 Å². The van der Waals surface area contributed by atoms with E-state index in [4.69, 9.17) is 4.74 Å². The van der Waals surface area contributed by atoms with E-state index in [-0.39, 0.29) is 24.0 Å². The minimum Gasteiger partial charge on any atom is -0.449 e. The molecule has 9 heteroatoms. The Labute approximate surface area is 202 Å². The highest BCUT2D eigenvalue weighted by molar-refractivity contribution is 7.16. The van der Waals surface area contributed by atoms with Crippen LogP contribution in [0.3, 0.4) is 0 Å². The normalized spacial score (nSPS) is 21.9. The third-order valence-electron chi connectivity index (χ3n) is 6.30. The standard InChI is InChI=1S/C25H28N4O4S/c26-13-21-20-9-3-17(15-33-25(32)28-18-5-7-19(30)8-6-18)12-22(20)34-24(21)29-23(31)10-4-16-2-1-11-27-14-16/h1-2,4,10-11,14,17-19,30H,3,5-9,12,15H2,(H,28,32)(H,29,31)/t17?,18-,19-. The Morgan fingerprint density at radius 2 is 2.12 bits per heavy atom. The third kappa shape index (κ3) is 6.22. The van der Waals surface area contributed by atoms with E-state index in [1.54, 1.807) is 24.5 Å². The smallest absolute Gasteiger partial charge is 0.407 e. The molecule has 0 aliphatic heterocycles. The van der Waals surface area contributed by atoms with Gasteiger partial charge in [0.15, 0.2) is 0 Å². The molecule has 1 atom stereocenters. The fourth-order valence-electron chi connectivity index (χ4n) is 4.42. The highest BCUT2D eigenvalue weighted by Gasteiger charge is 2.28. The number of fused-ring (bicyclic) bond motifs is 1. The summed E-state index contributed by atoms with van der Waals surface area (Å²) in [5.74, 6) is -0.128. The molecule has 34 heavy (non-hydrogen) atoms. The van der Waals surface area contributed by atoms with E-state index in [1.807, 2.05) is 6.07 Å². The number of nitrogens with zero attached hydrogens (tertiary/aromatic N) is 2. The average molecular weight is 481 g/mol. The van der Waals surface area contributed by atoms with Crippen LogP contribution in [0.15, 0.2) is 30.6 Å². The third-order valence-corrected chi connectivity index (χ3v) is 7.47. The first-order valence-corrected chi connectivity index (χ1v) is 12.4. The van der Waals surface area contributed by atoms with Crippen molar-refractivity contribution in [3.8, 4) is 6.07 Å². The number of hydrogen-bond acceptors (Lipinski definition) is 7. The molecule has 2 amide bonds. The van der Waals surface area contributed by atoms with Crippen LogP contribution in [0.5, 0.6) is 0 Å². The minimum atomic E-state index is -0.413. The lowest BCUT2D eigenvalue weighted by Crippen LogP contribution is -2.39. The van der Waals surface area contributed by atoms with E-state index in [9.17, 15) is 20.0 Å². The van der Waals surface area contributed by atoms with Gasteiger partial charge in [-0.15, -0.1) is 11.3 Å². The van der Waals surface area contributed by atoms with E-state index >= 15 is 0 Å². The Kier molecular flexibility index (Phi) is 7.93. The molecule has 1 unspecified atom stereocenters. The second kappa shape index (κ2) is 11.3.